The minimum Gasteiger partial charge on any atom is -0.486 e. The van der Waals surface area contributed by atoms with E-state index in [9.17, 15) is 19.7 Å². The zero-order chi connectivity index (χ0) is 19.2. The molecule has 0 saturated heterocycles. The molecule has 27 heavy (non-hydrogen) atoms. The van der Waals surface area contributed by atoms with Crippen molar-refractivity contribution in [1.29, 1.82) is 0 Å². The molecule has 140 valence electrons. The first kappa shape index (κ1) is 18.2. The highest BCUT2D eigenvalue weighted by Crippen LogP contribution is 2.31. The molecule has 0 atom stereocenters. The summed E-state index contributed by atoms with van der Waals surface area (Å²) in [5, 5.41) is 10.9. The summed E-state index contributed by atoms with van der Waals surface area (Å²) in [4.78, 5) is 34.2. The van der Waals surface area contributed by atoms with Crippen LogP contribution in [0.4, 0.5) is 5.69 Å². The molecule has 0 aromatic heterocycles. The smallest absolute Gasteiger partial charge is 0.344 e. The van der Waals surface area contributed by atoms with Gasteiger partial charge in [-0.2, -0.15) is 0 Å². The quantitative estimate of drug-likeness (QED) is 0.314. The number of ether oxygens (including phenoxy) is 4. The Morgan fingerprint density at radius 2 is 1.78 bits per heavy atom. The van der Waals surface area contributed by atoms with Gasteiger partial charge < -0.3 is 18.9 Å². The average Bonchev–Trinajstić information content (AvgIpc) is 2.70. The lowest BCUT2D eigenvalue weighted by atomic mass is 10.1. The number of esters is 1. The van der Waals surface area contributed by atoms with Crippen LogP contribution in [-0.2, 0) is 9.53 Å². The molecule has 0 unspecified atom stereocenters. The molecule has 1 aliphatic rings. The molecule has 0 aliphatic carbocycles. The normalized spacial score (nSPS) is 12.1. The number of carbonyl (C=O) groups excluding carboxylic acids is 2. The van der Waals surface area contributed by atoms with E-state index < -0.39 is 29.9 Å². The van der Waals surface area contributed by atoms with E-state index in [2.05, 4.69) is 0 Å². The number of hydrogen-bond donors (Lipinski definition) is 0. The van der Waals surface area contributed by atoms with Crippen LogP contribution in [0, 0.1) is 10.1 Å². The van der Waals surface area contributed by atoms with Crippen molar-refractivity contribution in [3.8, 4) is 17.2 Å². The third-order valence-electron chi connectivity index (χ3n) is 3.64. The first-order chi connectivity index (χ1) is 13.0. The van der Waals surface area contributed by atoms with Crippen LogP contribution >= 0.6 is 0 Å². The standard InChI is InChI=1S/C18H15NO8/c20-14(12-5-6-16-17(9-12)25-8-7-24-16)10-27-18(21)11-26-15-4-2-1-3-13(15)19(22)23/h1-6,9H,7-8,10-11H2. The number of benzene rings is 2. The zero-order valence-electron chi connectivity index (χ0n) is 14.1. The van der Waals surface area contributed by atoms with Gasteiger partial charge in [-0.15, -0.1) is 0 Å². The topological polar surface area (TPSA) is 114 Å². The van der Waals surface area contributed by atoms with E-state index in [0.717, 1.165) is 0 Å². The number of nitro benzene ring substituents is 1. The van der Waals surface area contributed by atoms with Crippen LogP contribution in [0.15, 0.2) is 42.5 Å². The molecule has 2 aromatic rings. The Bertz CT molecular complexity index is 879. The fraction of sp³-hybridized carbons (Fsp3) is 0.222. The van der Waals surface area contributed by atoms with Crippen LogP contribution in [0.25, 0.3) is 0 Å². The van der Waals surface area contributed by atoms with Gasteiger partial charge in [-0.25, -0.2) is 4.79 Å². The van der Waals surface area contributed by atoms with Crippen molar-refractivity contribution in [2.45, 2.75) is 0 Å². The van der Waals surface area contributed by atoms with Crippen LogP contribution < -0.4 is 14.2 Å². The molecular weight excluding hydrogens is 358 g/mol. The molecular formula is C18H15NO8. The minimum absolute atomic E-state index is 0.0578. The number of rotatable bonds is 7. The second-order valence-electron chi connectivity index (χ2n) is 5.46. The van der Waals surface area contributed by atoms with Crippen molar-refractivity contribution >= 4 is 17.4 Å². The van der Waals surface area contributed by atoms with E-state index in [1.807, 2.05) is 0 Å². The van der Waals surface area contributed by atoms with E-state index in [4.69, 9.17) is 18.9 Å². The van der Waals surface area contributed by atoms with Crippen LogP contribution in [0.1, 0.15) is 10.4 Å². The largest absolute Gasteiger partial charge is 0.486 e. The lowest BCUT2D eigenvalue weighted by molar-refractivity contribution is -0.385. The first-order valence-corrected chi connectivity index (χ1v) is 7.99. The second-order valence-corrected chi connectivity index (χ2v) is 5.46. The molecule has 0 saturated carbocycles. The van der Waals surface area contributed by atoms with Crippen LogP contribution in [0.2, 0.25) is 0 Å². The van der Waals surface area contributed by atoms with E-state index in [1.54, 1.807) is 18.2 Å². The van der Waals surface area contributed by atoms with Crippen LogP contribution in [-0.4, -0.2) is 43.1 Å². The summed E-state index contributed by atoms with van der Waals surface area (Å²) in [6.07, 6.45) is 0. The van der Waals surface area contributed by atoms with Crippen LogP contribution in [0.5, 0.6) is 17.2 Å². The van der Waals surface area contributed by atoms with Crippen molar-refractivity contribution in [3.63, 3.8) is 0 Å². The van der Waals surface area contributed by atoms with Gasteiger partial charge in [-0.05, 0) is 24.3 Å². The van der Waals surface area contributed by atoms with Gasteiger partial charge in [0.05, 0.1) is 4.92 Å². The lowest BCUT2D eigenvalue weighted by Crippen LogP contribution is -2.20. The predicted molar refractivity (Wildman–Crippen MR) is 91.3 cm³/mol. The van der Waals surface area contributed by atoms with Gasteiger partial charge in [0.1, 0.15) is 13.2 Å². The van der Waals surface area contributed by atoms with Crippen molar-refractivity contribution in [2.24, 2.45) is 0 Å². The molecule has 1 heterocycles. The molecule has 0 spiro atoms. The Morgan fingerprint density at radius 1 is 1.04 bits per heavy atom. The fourth-order valence-corrected chi connectivity index (χ4v) is 2.35. The van der Waals surface area contributed by atoms with Crippen molar-refractivity contribution in [2.75, 3.05) is 26.4 Å². The highest BCUT2D eigenvalue weighted by atomic mass is 16.6. The van der Waals surface area contributed by atoms with Crippen molar-refractivity contribution < 1.29 is 33.5 Å². The number of hydrogen-bond acceptors (Lipinski definition) is 8. The number of Topliss-reactive ketones (excluding diaryl/α,β-unsaturated/α-hetero) is 1. The SMILES string of the molecule is O=C(COc1ccccc1[N+](=O)[O-])OCC(=O)c1ccc2c(c1)OCCO2. The summed E-state index contributed by atoms with van der Waals surface area (Å²) < 4.78 is 20.7. The Morgan fingerprint density at radius 3 is 2.56 bits per heavy atom. The van der Waals surface area contributed by atoms with E-state index >= 15 is 0 Å². The summed E-state index contributed by atoms with van der Waals surface area (Å²) in [6.45, 7) is -0.210. The molecule has 0 bridgehead atoms. The maximum absolute atomic E-state index is 12.1. The molecule has 3 rings (SSSR count). The summed E-state index contributed by atoms with van der Waals surface area (Å²) >= 11 is 0. The van der Waals surface area contributed by atoms with Gasteiger partial charge in [0.2, 0.25) is 0 Å². The molecule has 9 heteroatoms. The Kier molecular flexibility index (Phi) is 5.50. The maximum atomic E-state index is 12.1. The third kappa shape index (κ3) is 4.51. The lowest BCUT2D eigenvalue weighted by Gasteiger charge is -2.18. The molecule has 0 radical (unpaired) electrons. The monoisotopic (exact) mass is 373 g/mol. The van der Waals surface area contributed by atoms with E-state index in [0.29, 0.717) is 30.3 Å². The average molecular weight is 373 g/mol. The highest BCUT2D eigenvalue weighted by Gasteiger charge is 2.18. The number of fused-ring (bicyclic) bond motifs is 1. The molecule has 1 aliphatic heterocycles. The van der Waals surface area contributed by atoms with Gasteiger partial charge in [0.25, 0.3) is 0 Å². The number of ketones is 1. The molecule has 0 amide bonds. The molecule has 0 N–H and O–H groups in total. The Labute approximate surface area is 153 Å². The van der Waals surface area contributed by atoms with Crippen molar-refractivity contribution in [3.05, 3.63) is 58.1 Å². The van der Waals surface area contributed by atoms with Crippen molar-refractivity contribution in [1.82, 2.24) is 0 Å². The Hall–Kier alpha value is -3.62. The molecule has 9 nitrogen and oxygen atoms in total. The summed E-state index contributed by atoms with van der Waals surface area (Å²) in [5.74, 6) is -0.298. The highest BCUT2D eigenvalue weighted by molar-refractivity contribution is 5.98. The van der Waals surface area contributed by atoms with Gasteiger partial charge >= 0.3 is 11.7 Å². The predicted octanol–water partition coefficient (Wildman–Crippen LogP) is 2.17. The van der Waals surface area contributed by atoms with E-state index in [-0.39, 0.29) is 11.4 Å². The maximum Gasteiger partial charge on any atom is 0.344 e. The zero-order valence-corrected chi connectivity index (χ0v) is 14.1. The first-order valence-electron chi connectivity index (χ1n) is 7.99. The van der Waals surface area contributed by atoms with Gasteiger partial charge in [-0.1, -0.05) is 12.1 Å². The van der Waals surface area contributed by atoms with Gasteiger partial charge in [0, 0.05) is 11.6 Å². The molecule has 0 fully saturated rings. The summed E-state index contributed by atoms with van der Waals surface area (Å²) in [7, 11) is 0. The van der Waals surface area contributed by atoms with E-state index in [1.165, 1.54) is 24.3 Å². The van der Waals surface area contributed by atoms with Gasteiger partial charge in [0.15, 0.2) is 36.2 Å². The van der Waals surface area contributed by atoms with Crippen LogP contribution in [0.3, 0.4) is 0 Å². The summed E-state index contributed by atoms with van der Waals surface area (Å²) in [5.41, 5.74) is 0.0457. The summed E-state index contributed by atoms with van der Waals surface area (Å²) in [6, 6.07) is 10.3. The number of nitro groups is 1. The minimum atomic E-state index is -0.820. The number of carbonyl (C=O) groups is 2. The second kappa shape index (κ2) is 8.17. The number of para-hydroxylation sites is 2. The fourth-order valence-electron chi connectivity index (χ4n) is 2.35. The Balaban J connectivity index is 1.52. The number of nitrogens with zero attached hydrogens (tertiary/aromatic N) is 1. The van der Waals surface area contributed by atoms with Gasteiger partial charge in [-0.3, -0.25) is 14.9 Å². The third-order valence-corrected chi connectivity index (χ3v) is 3.64. The molecule has 2 aromatic carbocycles.